The first-order chi connectivity index (χ1) is 7.41. The summed E-state index contributed by atoms with van der Waals surface area (Å²) in [6, 6.07) is -0.942. The fraction of sp³-hybridized carbons (Fsp3) is 0.818. The molecule has 0 bridgehead atoms. The Bertz CT molecular complexity index is 280. The summed E-state index contributed by atoms with van der Waals surface area (Å²) in [5.74, 6) is -1.12. The van der Waals surface area contributed by atoms with Crippen molar-refractivity contribution >= 4 is 11.8 Å². The molecule has 3 N–H and O–H groups in total. The zero-order chi connectivity index (χ0) is 12.3. The van der Waals surface area contributed by atoms with Crippen LogP contribution in [0.2, 0.25) is 0 Å². The normalized spacial score (nSPS) is 25.3. The molecule has 1 aliphatic rings. The highest BCUT2D eigenvalue weighted by Crippen LogP contribution is 2.19. The van der Waals surface area contributed by atoms with Gasteiger partial charge in [0.05, 0.1) is 0 Å². The lowest BCUT2D eigenvalue weighted by molar-refractivity contribution is -0.140. The minimum Gasteiger partial charge on any atom is -0.480 e. The molecule has 1 fully saturated rings. The number of carboxylic acids is 1. The Morgan fingerprint density at radius 2 is 2.19 bits per heavy atom. The Morgan fingerprint density at radius 1 is 1.56 bits per heavy atom. The molecular formula is C11H20N2O3. The van der Waals surface area contributed by atoms with E-state index in [4.69, 9.17) is 10.8 Å². The number of rotatable bonds is 5. The van der Waals surface area contributed by atoms with Gasteiger partial charge in [0.15, 0.2) is 0 Å². The Morgan fingerprint density at radius 3 is 2.62 bits per heavy atom. The minimum atomic E-state index is -1.04. The number of carboxylic acid groups (broad SMARTS) is 1. The predicted octanol–water partition coefficient (Wildman–Crippen LogP) is -0.0547. The van der Waals surface area contributed by atoms with E-state index >= 15 is 0 Å². The van der Waals surface area contributed by atoms with Crippen LogP contribution in [0.4, 0.5) is 0 Å². The molecular weight excluding hydrogens is 208 g/mol. The second kappa shape index (κ2) is 5.41. The van der Waals surface area contributed by atoms with Gasteiger partial charge < -0.3 is 15.7 Å². The fourth-order valence-corrected chi connectivity index (χ4v) is 2.05. The topological polar surface area (TPSA) is 83.6 Å². The molecule has 1 saturated heterocycles. The Balaban J connectivity index is 2.42. The van der Waals surface area contributed by atoms with Crippen molar-refractivity contribution in [2.45, 2.75) is 25.8 Å². The van der Waals surface area contributed by atoms with Gasteiger partial charge in [0.1, 0.15) is 11.8 Å². The standard InChI is InChI=1S/C11H20N2O3/c1-7(10(12)11(15)16)5-9(14)8-3-4-13(2)6-8/h7-8,10H,3-6,12H2,1-2H3,(H,15,16)/t7?,8?,10-/m0/s1. The number of nitrogens with two attached hydrogens (primary N) is 1. The van der Waals surface area contributed by atoms with Crippen LogP contribution in [-0.4, -0.2) is 47.9 Å². The van der Waals surface area contributed by atoms with Crippen molar-refractivity contribution in [3.05, 3.63) is 0 Å². The van der Waals surface area contributed by atoms with Gasteiger partial charge in [0, 0.05) is 18.9 Å². The fourth-order valence-electron chi connectivity index (χ4n) is 2.05. The molecule has 3 atom stereocenters. The third kappa shape index (κ3) is 3.28. The van der Waals surface area contributed by atoms with Gasteiger partial charge in [-0.25, -0.2) is 0 Å². The van der Waals surface area contributed by atoms with E-state index in [1.807, 2.05) is 7.05 Å². The van der Waals surface area contributed by atoms with Crippen molar-refractivity contribution in [1.29, 1.82) is 0 Å². The van der Waals surface area contributed by atoms with E-state index in [1.54, 1.807) is 6.92 Å². The molecule has 0 aromatic heterocycles. The number of hydrogen-bond acceptors (Lipinski definition) is 4. The van der Waals surface area contributed by atoms with Crippen molar-refractivity contribution in [3.63, 3.8) is 0 Å². The minimum absolute atomic E-state index is 0.0634. The van der Waals surface area contributed by atoms with E-state index < -0.39 is 12.0 Å². The molecule has 1 heterocycles. The lowest BCUT2D eigenvalue weighted by Gasteiger charge is -2.17. The average molecular weight is 228 g/mol. The van der Waals surface area contributed by atoms with E-state index in [0.717, 1.165) is 19.5 Å². The Hall–Kier alpha value is -0.940. The molecule has 5 nitrogen and oxygen atoms in total. The van der Waals surface area contributed by atoms with E-state index in [9.17, 15) is 9.59 Å². The smallest absolute Gasteiger partial charge is 0.320 e. The summed E-state index contributed by atoms with van der Waals surface area (Å²) in [5.41, 5.74) is 5.47. The first-order valence-electron chi connectivity index (χ1n) is 5.61. The molecule has 0 amide bonds. The highest BCUT2D eigenvalue weighted by molar-refractivity contribution is 5.83. The number of nitrogens with zero attached hydrogens (tertiary/aromatic N) is 1. The van der Waals surface area contributed by atoms with E-state index in [1.165, 1.54) is 0 Å². The SMILES string of the molecule is CC(CC(=O)C1CCN(C)C1)[C@H](N)C(=O)O. The van der Waals surface area contributed by atoms with Gasteiger partial charge in [-0.1, -0.05) is 6.92 Å². The van der Waals surface area contributed by atoms with E-state index in [0.29, 0.717) is 0 Å². The van der Waals surface area contributed by atoms with Crippen molar-refractivity contribution in [2.75, 3.05) is 20.1 Å². The molecule has 16 heavy (non-hydrogen) atoms. The van der Waals surface area contributed by atoms with Gasteiger partial charge in [0.2, 0.25) is 0 Å². The van der Waals surface area contributed by atoms with Crippen LogP contribution < -0.4 is 5.73 Å². The second-order valence-corrected chi connectivity index (χ2v) is 4.76. The van der Waals surface area contributed by atoms with Crippen molar-refractivity contribution < 1.29 is 14.7 Å². The number of hydrogen-bond donors (Lipinski definition) is 2. The van der Waals surface area contributed by atoms with Gasteiger partial charge in [-0.3, -0.25) is 9.59 Å². The quantitative estimate of drug-likeness (QED) is 0.689. The molecule has 5 heteroatoms. The molecule has 1 rings (SSSR count). The number of carbonyl (C=O) groups excluding carboxylic acids is 1. The van der Waals surface area contributed by atoms with Gasteiger partial charge in [-0.05, 0) is 25.9 Å². The van der Waals surface area contributed by atoms with E-state index in [-0.39, 0.29) is 24.0 Å². The number of ketones is 1. The maximum atomic E-state index is 11.9. The zero-order valence-corrected chi connectivity index (χ0v) is 9.85. The summed E-state index contributed by atoms with van der Waals surface area (Å²) in [5, 5.41) is 8.73. The van der Waals surface area contributed by atoms with Gasteiger partial charge >= 0.3 is 5.97 Å². The van der Waals surface area contributed by atoms with Crippen molar-refractivity contribution in [3.8, 4) is 0 Å². The average Bonchev–Trinajstić information content (AvgIpc) is 2.63. The predicted molar refractivity (Wildman–Crippen MR) is 60.0 cm³/mol. The molecule has 1 aliphatic heterocycles. The van der Waals surface area contributed by atoms with Crippen LogP contribution in [0.5, 0.6) is 0 Å². The van der Waals surface area contributed by atoms with Crippen LogP contribution in [-0.2, 0) is 9.59 Å². The molecule has 0 aliphatic carbocycles. The maximum absolute atomic E-state index is 11.9. The summed E-state index contributed by atoms with van der Waals surface area (Å²) >= 11 is 0. The highest BCUT2D eigenvalue weighted by atomic mass is 16.4. The van der Waals surface area contributed by atoms with Crippen LogP contribution >= 0.6 is 0 Å². The van der Waals surface area contributed by atoms with Crippen LogP contribution in [0.1, 0.15) is 19.8 Å². The van der Waals surface area contributed by atoms with Crippen LogP contribution in [0, 0.1) is 11.8 Å². The Labute approximate surface area is 95.6 Å². The molecule has 0 saturated carbocycles. The van der Waals surface area contributed by atoms with Gasteiger partial charge in [-0.15, -0.1) is 0 Å². The van der Waals surface area contributed by atoms with Crippen molar-refractivity contribution in [2.24, 2.45) is 17.6 Å². The number of carbonyl (C=O) groups is 2. The van der Waals surface area contributed by atoms with Crippen molar-refractivity contribution in [1.82, 2.24) is 4.90 Å². The third-order valence-corrected chi connectivity index (χ3v) is 3.27. The first-order valence-corrected chi connectivity index (χ1v) is 5.61. The highest BCUT2D eigenvalue weighted by Gasteiger charge is 2.29. The summed E-state index contributed by atoms with van der Waals surface area (Å²) in [4.78, 5) is 24.6. The van der Waals surface area contributed by atoms with Crippen LogP contribution in [0.25, 0.3) is 0 Å². The number of likely N-dealkylation sites (tertiary alicyclic amines) is 1. The molecule has 0 aromatic rings. The molecule has 0 spiro atoms. The van der Waals surface area contributed by atoms with Gasteiger partial charge in [0.25, 0.3) is 0 Å². The molecule has 92 valence electrons. The third-order valence-electron chi connectivity index (χ3n) is 3.27. The Kier molecular flexibility index (Phi) is 4.44. The second-order valence-electron chi connectivity index (χ2n) is 4.76. The van der Waals surface area contributed by atoms with E-state index in [2.05, 4.69) is 4.90 Å². The van der Waals surface area contributed by atoms with Crippen LogP contribution in [0.15, 0.2) is 0 Å². The summed E-state index contributed by atoms with van der Waals surface area (Å²) < 4.78 is 0. The lowest BCUT2D eigenvalue weighted by atomic mass is 9.90. The molecule has 0 radical (unpaired) electrons. The largest absolute Gasteiger partial charge is 0.480 e. The van der Waals surface area contributed by atoms with Gasteiger partial charge in [-0.2, -0.15) is 0 Å². The monoisotopic (exact) mass is 228 g/mol. The molecule has 0 aromatic carbocycles. The summed E-state index contributed by atoms with van der Waals surface area (Å²) in [7, 11) is 1.99. The lowest BCUT2D eigenvalue weighted by Crippen LogP contribution is -2.38. The summed E-state index contributed by atoms with van der Waals surface area (Å²) in [6.07, 6.45) is 1.15. The molecule has 2 unspecified atom stereocenters. The summed E-state index contributed by atoms with van der Waals surface area (Å²) in [6.45, 7) is 3.44. The zero-order valence-electron chi connectivity index (χ0n) is 9.85. The number of Topliss-reactive ketones (excluding diaryl/α,β-unsaturated/α-hetero) is 1. The number of aliphatic carboxylic acids is 1. The maximum Gasteiger partial charge on any atom is 0.320 e. The van der Waals surface area contributed by atoms with Crippen LogP contribution in [0.3, 0.4) is 0 Å². The first kappa shape index (κ1) is 13.1.